The van der Waals surface area contributed by atoms with Crippen molar-refractivity contribution >= 4 is 23.2 Å². The summed E-state index contributed by atoms with van der Waals surface area (Å²) >= 11 is 6.06. The van der Waals surface area contributed by atoms with E-state index in [0.717, 1.165) is 18.6 Å². The average molecular weight is 444 g/mol. The van der Waals surface area contributed by atoms with Crippen LogP contribution in [0.4, 0.5) is 23.2 Å². The van der Waals surface area contributed by atoms with Gasteiger partial charge in [0.25, 0.3) is 0 Å². The molecule has 0 bridgehead atoms. The number of anilines is 1. The van der Waals surface area contributed by atoms with Crippen molar-refractivity contribution in [1.29, 1.82) is 0 Å². The Morgan fingerprint density at radius 3 is 2.43 bits per heavy atom. The minimum Gasteiger partial charge on any atom is -0.324 e. The van der Waals surface area contributed by atoms with E-state index < -0.39 is 17.6 Å². The Bertz CT molecular complexity index is 891. The van der Waals surface area contributed by atoms with E-state index in [0.29, 0.717) is 49.0 Å². The highest BCUT2D eigenvalue weighted by Gasteiger charge is 2.34. The molecule has 1 amide bonds. The van der Waals surface area contributed by atoms with Crippen molar-refractivity contribution in [2.75, 3.05) is 38.0 Å². The van der Waals surface area contributed by atoms with Gasteiger partial charge in [-0.05, 0) is 49.3 Å². The minimum atomic E-state index is -4.70. The van der Waals surface area contributed by atoms with E-state index in [2.05, 4.69) is 5.32 Å². The van der Waals surface area contributed by atoms with Gasteiger partial charge in [0.05, 0.1) is 22.8 Å². The Hall–Kier alpha value is -2.16. The molecule has 162 valence electrons. The van der Waals surface area contributed by atoms with Crippen LogP contribution < -0.4 is 5.32 Å². The SMILES string of the molecule is O=C(CN1CCCN(Cc2ccc(C(F)(F)F)c(F)c2)CC1)Nc1ccccc1Cl. The summed E-state index contributed by atoms with van der Waals surface area (Å²) in [6.07, 6.45) is -3.90. The van der Waals surface area contributed by atoms with E-state index in [-0.39, 0.29) is 12.5 Å². The maximum Gasteiger partial charge on any atom is 0.419 e. The molecule has 1 aliphatic rings. The first-order chi connectivity index (χ1) is 14.2. The number of hydrogen-bond acceptors (Lipinski definition) is 3. The number of benzene rings is 2. The van der Waals surface area contributed by atoms with Crippen LogP contribution in [0, 0.1) is 5.82 Å². The predicted molar refractivity (Wildman–Crippen MR) is 108 cm³/mol. The number of halogens is 5. The summed E-state index contributed by atoms with van der Waals surface area (Å²) in [6, 6.07) is 10.0. The van der Waals surface area contributed by atoms with Crippen LogP contribution in [0.25, 0.3) is 0 Å². The molecule has 4 nitrogen and oxygen atoms in total. The predicted octanol–water partition coefficient (Wildman–Crippen LogP) is 4.64. The fourth-order valence-corrected chi connectivity index (χ4v) is 3.62. The zero-order chi connectivity index (χ0) is 21.7. The van der Waals surface area contributed by atoms with Gasteiger partial charge in [-0.1, -0.05) is 29.8 Å². The molecule has 0 spiro atoms. The van der Waals surface area contributed by atoms with Gasteiger partial charge in [-0.15, -0.1) is 0 Å². The van der Waals surface area contributed by atoms with Crippen molar-refractivity contribution in [3.63, 3.8) is 0 Å². The summed E-state index contributed by atoms with van der Waals surface area (Å²) in [5.41, 5.74) is -0.201. The lowest BCUT2D eigenvalue weighted by Crippen LogP contribution is -2.36. The number of alkyl halides is 3. The molecule has 1 heterocycles. The van der Waals surface area contributed by atoms with Gasteiger partial charge in [-0.3, -0.25) is 14.6 Å². The van der Waals surface area contributed by atoms with Crippen molar-refractivity contribution < 1.29 is 22.4 Å². The first-order valence-electron chi connectivity index (χ1n) is 9.57. The van der Waals surface area contributed by atoms with Crippen LogP contribution in [0.1, 0.15) is 17.5 Å². The monoisotopic (exact) mass is 443 g/mol. The van der Waals surface area contributed by atoms with Gasteiger partial charge >= 0.3 is 6.18 Å². The van der Waals surface area contributed by atoms with Gasteiger partial charge < -0.3 is 5.32 Å². The molecule has 1 N–H and O–H groups in total. The topological polar surface area (TPSA) is 35.6 Å². The van der Waals surface area contributed by atoms with Gasteiger partial charge in [0.2, 0.25) is 5.91 Å². The fraction of sp³-hybridized carbons (Fsp3) is 0.381. The van der Waals surface area contributed by atoms with E-state index in [4.69, 9.17) is 11.6 Å². The standard InChI is InChI=1S/C21H22ClF4N3O/c22-17-4-1-2-5-19(17)27-20(30)14-29-9-3-8-28(10-11-29)13-15-6-7-16(18(23)12-15)21(24,25)26/h1-2,4-7,12H,3,8-11,13-14H2,(H,27,30). The Morgan fingerprint density at radius 1 is 1.03 bits per heavy atom. The summed E-state index contributed by atoms with van der Waals surface area (Å²) < 4.78 is 51.9. The summed E-state index contributed by atoms with van der Waals surface area (Å²) in [4.78, 5) is 16.4. The molecular weight excluding hydrogens is 422 g/mol. The first kappa shape index (κ1) is 22.5. The third-order valence-electron chi connectivity index (χ3n) is 4.94. The van der Waals surface area contributed by atoms with E-state index in [1.54, 1.807) is 24.3 Å². The molecule has 0 saturated carbocycles. The number of rotatable bonds is 5. The van der Waals surface area contributed by atoms with Crippen molar-refractivity contribution in [3.05, 3.63) is 64.4 Å². The quantitative estimate of drug-likeness (QED) is 0.684. The van der Waals surface area contributed by atoms with Crippen LogP contribution in [0.2, 0.25) is 5.02 Å². The second kappa shape index (κ2) is 9.76. The highest BCUT2D eigenvalue weighted by Crippen LogP contribution is 2.31. The number of nitrogens with zero attached hydrogens (tertiary/aromatic N) is 2. The molecule has 1 aliphatic heterocycles. The highest BCUT2D eigenvalue weighted by molar-refractivity contribution is 6.33. The number of para-hydroxylation sites is 1. The Labute approximate surface area is 177 Å². The van der Waals surface area contributed by atoms with Gasteiger partial charge in [0.1, 0.15) is 5.82 Å². The largest absolute Gasteiger partial charge is 0.419 e. The molecule has 0 unspecified atom stereocenters. The number of hydrogen-bond donors (Lipinski definition) is 1. The van der Waals surface area contributed by atoms with Crippen LogP contribution in [0.3, 0.4) is 0 Å². The first-order valence-corrected chi connectivity index (χ1v) is 9.95. The molecule has 1 saturated heterocycles. The molecule has 3 rings (SSSR count). The van der Waals surface area contributed by atoms with Crippen LogP contribution in [-0.4, -0.2) is 48.4 Å². The van der Waals surface area contributed by atoms with E-state index in [1.807, 2.05) is 9.80 Å². The molecule has 0 aliphatic carbocycles. The van der Waals surface area contributed by atoms with Gasteiger partial charge in [0, 0.05) is 19.6 Å². The van der Waals surface area contributed by atoms with Crippen molar-refractivity contribution in [2.24, 2.45) is 0 Å². The van der Waals surface area contributed by atoms with Crippen LogP contribution >= 0.6 is 11.6 Å². The molecule has 9 heteroatoms. The summed E-state index contributed by atoms with van der Waals surface area (Å²) in [6.45, 7) is 3.25. The average Bonchev–Trinajstić information content (AvgIpc) is 2.88. The van der Waals surface area contributed by atoms with Crippen LogP contribution in [0.5, 0.6) is 0 Å². The summed E-state index contributed by atoms with van der Waals surface area (Å²) in [5, 5.41) is 3.26. The molecular formula is C21H22ClF4N3O. The van der Waals surface area contributed by atoms with E-state index in [9.17, 15) is 22.4 Å². The molecule has 30 heavy (non-hydrogen) atoms. The smallest absolute Gasteiger partial charge is 0.324 e. The third-order valence-corrected chi connectivity index (χ3v) is 5.27. The maximum absolute atomic E-state index is 13.8. The molecule has 2 aromatic rings. The Morgan fingerprint density at radius 2 is 1.73 bits per heavy atom. The number of amides is 1. The van der Waals surface area contributed by atoms with Crippen molar-refractivity contribution in [2.45, 2.75) is 19.1 Å². The summed E-state index contributed by atoms with van der Waals surface area (Å²) in [5.74, 6) is -1.42. The van der Waals surface area contributed by atoms with Gasteiger partial charge in [-0.2, -0.15) is 13.2 Å². The lowest BCUT2D eigenvalue weighted by molar-refractivity contribution is -0.140. The molecule has 0 radical (unpaired) electrons. The minimum absolute atomic E-state index is 0.165. The second-order valence-corrected chi connectivity index (χ2v) is 7.65. The summed E-state index contributed by atoms with van der Waals surface area (Å²) in [7, 11) is 0. The van der Waals surface area contributed by atoms with Gasteiger partial charge in [-0.25, -0.2) is 4.39 Å². The van der Waals surface area contributed by atoms with Gasteiger partial charge in [0.15, 0.2) is 0 Å². The van der Waals surface area contributed by atoms with Crippen molar-refractivity contribution in [3.8, 4) is 0 Å². The Balaban J connectivity index is 1.52. The fourth-order valence-electron chi connectivity index (χ4n) is 3.44. The highest BCUT2D eigenvalue weighted by atomic mass is 35.5. The van der Waals surface area contributed by atoms with E-state index >= 15 is 0 Å². The zero-order valence-corrected chi connectivity index (χ0v) is 16.9. The lowest BCUT2D eigenvalue weighted by atomic mass is 10.1. The molecule has 0 aromatic heterocycles. The maximum atomic E-state index is 13.8. The number of nitrogens with one attached hydrogen (secondary N) is 1. The third kappa shape index (κ3) is 6.17. The van der Waals surface area contributed by atoms with Crippen LogP contribution in [0.15, 0.2) is 42.5 Å². The molecule has 2 aromatic carbocycles. The van der Waals surface area contributed by atoms with E-state index in [1.165, 1.54) is 6.07 Å². The Kier molecular flexibility index (Phi) is 7.33. The van der Waals surface area contributed by atoms with Crippen LogP contribution in [-0.2, 0) is 17.5 Å². The van der Waals surface area contributed by atoms with Crippen molar-refractivity contribution in [1.82, 2.24) is 9.80 Å². The molecule has 0 atom stereocenters. The molecule has 1 fully saturated rings. The zero-order valence-electron chi connectivity index (χ0n) is 16.2. The number of carbonyl (C=O) groups is 1. The normalized spacial score (nSPS) is 16.3. The second-order valence-electron chi connectivity index (χ2n) is 7.25. The lowest BCUT2D eigenvalue weighted by Gasteiger charge is -2.22. The number of carbonyl (C=O) groups excluding carboxylic acids is 1.